The lowest BCUT2D eigenvalue weighted by Crippen LogP contribution is -2.11. The number of hydrogen-bond acceptors (Lipinski definition) is 0. The smallest absolute Gasteiger partial charge is 0.0170 e. The van der Waals surface area contributed by atoms with Crippen LogP contribution >= 0.6 is 7.92 Å². The van der Waals surface area contributed by atoms with E-state index in [1.165, 1.54) is 64.2 Å². The Morgan fingerprint density at radius 2 is 1.44 bits per heavy atom. The van der Waals surface area contributed by atoms with Crippen molar-refractivity contribution in [3.63, 3.8) is 0 Å². The third-order valence-electron chi connectivity index (χ3n) is 4.34. The highest BCUT2D eigenvalue weighted by atomic mass is 31.1. The van der Waals surface area contributed by atoms with Crippen LogP contribution in [0, 0.1) is 0 Å². The summed E-state index contributed by atoms with van der Waals surface area (Å²) in [5.74, 6) is 0. The molecule has 0 nitrogen and oxygen atoms in total. The van der Waals surface area contributed by atoms with Gasteiger partial charge in [-0.25, -0.2) is 0 Å². The molecule has 2 fully saturated rings. The monoisotopic (exact) mass is 238 g/mol. The van der Waals surface area contributed by atoms with E-state index in [-0.39, 0.29) is 7.92 Å². The molecule has 0 amide bonds. The van der Waals surface area contributed by atoms with Gasteiger partial charge >= 0.3 is 0 Å². The van der Waals surface area contributed by atoms with Crippen molar-refractivity contribution in [2.45, 2.75) is 82.4 Å². The molecule has 0 heterocycles. The third-order valence-corrected chi connectivity index (χ3v) is 7.90. The van der Waals surface area contributed by atoms with Crippen LogP contribution in [-0.4, -0.2) is 11.3 Å². The van der Waals surface area contributed by atoms with E-state index in [4.69, 9.17) is 0 Å². The predicted molar refractivity (Wildman–Crippen MR) is 75.5 cm³/mol. The molecule has 0 radical (unpaired) electrons. The van der Waals surface area contributed by atoms with Crippen molar-refractivity contribution in [1.82, 2.24) is 0 Å². The average Bonchev–Trinajstić information content (AvgIpc) is 2.91. The molecule has 2 rings (SSSR count). The molecule has 2 aliphatic carbocycles. The van der Waals surface area contributed by atoms with Crippen LogP contribution in [0.2, 0.25) is 0 Å². The lowest BCUT2D eigenvalue weighted by atomic mass is 10.3. The second kappa shape index (κ2) is 6.20. The van der Waals surface area contributed by atoms with Gasteiger partial charge in [0.2, 0.25) is 0 Å². The molecule has 0 saturated heterocycles. The van der Waals surface area contributed by atoms with E-state index in [9.17, 15) is 0 Å². The Morgan fingerprint density at radius 3 is 1.81 bits per heavy atom. The molecule has 0 aromatic rings. The van der Waals surface area contributed by atoms with Crippen molar-refractivity contribution in [2.24, 2.45) is 0 Å². The summed E-state index contributed by atoms with van der Waals surface area (Å²) in [5, 5.41) is 1.66. The maximum atomic E-state index is 4.46. The van der Waals surface area contributed by atoms with Crippen molar-refractivity contribution in [3.05, 3.63) is 11.9 Å². The van der Waals surface area contributed by atoms with Crippen molar-refractivity contribution in [1.29, 1.82) is 0 Å². The fourth-order valence-electron chi connectivity index (χ4n) is 3.60. The van der Waals surface area contributed by atoms with Gasteiger partial charge in [0.25, 0.3) is 0 Å². The largest absolute Gasteiger partial charge is 0.0953 e. The second-order valence-electron chi connectivity index (χ2n) is 5.60. The summed E-state index contributed by atoms with van der Waals surface area (Å²) < 4.78 is 0. The van der Waals surface area contributed by atoms with Crippen LogP contribution in [0.1, 0.15) is 71.1 Å². The normalized spacial score (nSPS) is 23.4. The minimum Gasteiger partial charge on any atom is -0.0953 e. The van der Waals surface area contributed by atoms with Gasteiger partial charge in [-0.05, 0) is 43.4 Å². The first-order valence-electron chi connectivity index (χ1n) is 7.29. The molecule has 0 aromatic carbocycles. The summed E-state index contributed by atoms with van der Waals surface area (Å²) in [6, 6.07) is 0. The Morgan fingerprint density at radius 1 is 1.00 bits per heavy atom. The van der Waals surface area contributed by atoms with E-state index in [2.05, 4.69) is 13.5 Å². The molecule has 0 aromatic heterocycles. The fraction of sp³-hybridized carbons (Fsp3) is 0.867. The van der Waals surface area contributed by atoms with Crippen LogP contribution in [0.5, 0.6) is 0 Å². The SMILES string of the molecule is C=C(CCC)P(C1CCCC1)C1CCCC1. The minimum absolute atomic E-state index is 0.176. The fourth-order valence-corrected chi connectivity index (χ4v) is 7.55. The number of rotatable bonds is 5. The molecule has 1 heteroatoms. The predicted octanol–water partition coefficient (Wildman–Crippen LogP) is 5.67. The topological polar surface area (TPSA) is 0 Å². The molecule has 2 aliphatic rings. The highest BCUT2D eigenvalue weighted by Crippen LogP contribution is 2.62. The Bertz CT molecular complexity index is 206. The van der Waals surface area contributed by atoms with Crippen LogP contribution in [-0.2, 0) is 0 Å². The molecule has 2 saturated carbocycles. The van der Waals surface area contributed by atoms with Crippen LogP contribution in [0.4, 0.5) is 0 Å². The number of allylic oxidation sites excluding steroid dienone is 1. The lowest BCUT2D eigenvalue weighted by Gasteiger charge is -2.32. The van der Waals surface area contributed by atoms with E-state index in [0.717, 1.165) is 11.3 Å². The van der Waals surface area contributed by atoms with Gasteiger partial charge in [-0.1, -0.05) is 58.8 Å². The highest BCUT2D eigenvalue weighted by Gasteiger charge is 2.33. The first-order valence-corrected chi connectivity index (χ1v) is 8.77. The van der Waals surface area contributed by atoms with E-state index < -0.39 is 0 Å². The Labute approximate surface area is 103 Å². The first-order chi connectivity index (χ1) is 7.83. The van der Waals surface area contributed by atoms with Gasteiger partial charge < -0.3 is 0 Å². The molecule has 0 aliphatic heterocycles. The van der Waals surface area contributed by atoms with Crippen LogP contribution < -0.4 is 0 Å². The van der Waals surface area contributed by atoms with Crippen LogP contribution in [0.3, 0.4) is 0 Å². The van der Waals surface area contributed by atoms with Crippen molar-refractivity contribution >= 4 is 7.92 Å². The van der Waals surface area contributed by atoms with Gasteiger partial charge in [0.1, 0.15) is 0 Å². The summed E-state index contributed by atoms with van der Waals surface area (Å²) in [6.45, 7) is 6.77. The zero-order valence-electron chi connectivity index (χ0n) is 10.9. The van der Waals surface area contributed by atoms with Crippen molar-refractivity contribution in [3.8, 4) is 0 Å². The Balaban J connectivity index is 2.01. The highest BCUT2D eigenvalue weighted by molar-refractivity contribution is 7.63. The standard InChI is InChI=1S/C15H27P/c1-3-8-13(2)16(14-9-4-5-10-14)15-11-6-7-12-15/h14-15H,2-12H2,1H3. The van der Waals surface area contributed by atoms with Gasteiger partial charge in [0.05, 0.1) is 0 Å². The quantitative estimate of drug-likeness (QED) is 0.541. The molecular formula is C15H27P. The van der Waals surface area contributed by atoms with Gasteiger partial charge in [-0.3, -0.25) is 0 Å². The van der Waals surface area contributed by atoms with E-state index in [1.807, 2.05) is 0 Å². The molecule has 92 valence electrons. The lowest BCUT2D eigenvalue weighted by molar-refractivity contribution is 0.823. The van der Waals surface area contributed by atoms with Crippen molar-refractivity contribution < 1.29 is 0 Å². The maximum absolute atomic E-state index is 4.46. The van der Waals surface area contributed by atoms with Gasteiger partial charge in [-0.2, -0.15) is 0 Å². The summed E-state index contributed by atoms with van der Waals surface area (Å²) in [4.78, 5) is 0. The Hall–Kier alpha value is 0.170. The minimum atomic E-state index is 0.176. The first kappa shape index (κ1) is 12.6. The number of hydrogen-bond donors (Lipinski definition) is 0. The van der Waals surface area contributed by atoms with Crippen LogP contribution in [0.15, 0.2) is 11.9 Å². The van der Waals surface area contributed by atoms with Crippen LogP contribution in [0.25, 0.3) is 0 Å². The average molecular weight is 238 g/mol. The maximum Gasteiger partial charge on any atom is -0.0170 e. The molecule has 16 heavy (non-hydrogen) atoms. The molecule has 0 atom stereocenters. The van der Waals surface area contributed by atoms with Crippen molar-refractivity contribution in [2.75, 3.05) is 0 Å². The van der Waals surface area contributed by atoms with E-state index >= 15 is 0 Å². The van der Waals surface area contributed by atoms with Gasteiger partial charge in [0, 0.05) is 0 Å². The third kappa shape index (κ3) is 2.89. The zero-order chi connectivity index (χ0) is 11.4. The Kier molecular flexibility index (Phi) is 4.89. The van der Waals surface area contributed by atoms with E-state index in [1.54, 1.807) is 5.31 Å². The van der Waals surface area contributed by atoms with Gasteiger partial charge in [0.15, 0.2) is 0 Å². The molecule has 0 spiro atoms. The molecule has 0 unspecified atom stereocenters. The molecular weight excluding hydrogens is 211 g/mol. The van der Waals surface area contributed by atoms with Gasteiger partial charge in [-0.15, -0.1) is 0 Å². The summed E-state index contributed by atoms with van der Waals surface area (Å²) in [7, 11) is 0.176. The molecule has 0 N–H and O–H groups in total. The zero-order valence-corrected chi connectivity index (χ0v) is 11.8. The second-order valence-corrected chi connectivity index (χ2v) is 8.51. The molecule has 0 bridgehead atoms. The summed E-state index contributed by atoms with van der Waals surface area (Å²) in [6.07, 6.45) is 14.7. The summed E-state index contributed by atoms with van der Waals surface area (Å²) in [5.41, 5.74) is 2.13. The van der Waals surface area contributed by atoms with E-state index in [0.29, 0.717) is 0 Å². The summed E-state index contributed by atoms with van der Waals surface area (Å²) >= 11 is 0.